The number of hydrogen-bond donors (Lipinski definition) is 1. The molecule has 5 aromatic rings. The SMILES string of the molecule is C[C@H]1CC[C@H]2[C@H](C1)c1c(c3ccccc3c3nc4ccc(C(=O)c5ccc(NS(C)(=O)=O)cc5)cc4nc13)OC2(C)C. The Labute approximate surface area is 245 Å². The van der Waals surface area contributed by atoms with E-state index in [1.807, 2.05) is 18.2 Å². The summed E-state index contributed by atoms with van der Waals surface area (Å²) in [5, 5.41) is 2.08. The van der Waals surface area contributed by atoms with Crippen LogP contribution < -0.4 is 9.46 Å². The van der Waals surface area contributed by atoms with E-state index in [-0.39, 0.29) is 11.4 Å². The second-order valence-electron chi connectivity index (χ2n) is 12.5. The van der Waals surface area contributed by atoms with E-state index in [1.165, 1.54) is 6.42 Å². The summed E-state index contributed by atoms with van der Waals surface area (Å²) in [6.07, 6.45) is 4.49. The van der Waals surface area contributed by atoms with Crippen LogP contribution in [0, 0.1) is 11.8 Å². The maximum absolute atomic E-state index is 13.4. The molecule has 1 fully saturated rings. The number of rotatable bonds is 4. The van der Waals surface area contributed by atoms with Gasteiger partial charge in [0.1, 0.15) is 11.4 Å². The van der Waals surface area contributed by atoms with Crippen LogP contribution in [-0.2, 0) is 10.0 Å². The molecule has 1 saturated carbocycles. The molecular formula is C34H33N3O4S. The number of sulfonamides is 1. The minimum Gasteiger partial charge on any atom is -0.487 e. The van der Waals surface area contributed by atoms with Crippen molar-refractivity contribution in [2.45, 2.75) is 51.6 Å². The van der Waals surface area contributed by atoms with Gasteiger partial charge < -0.3 is 4.74 Å². The smallest absolute Gasteiger partial charge is 0.229 e. The summed E-state index contributed by atoms with van der Waals surface area (Å²) in [6, 6.07) is 20.2. The van der Waals surface area contributed by atoms with Gasteiger partial charge >= 0.3 is 0 Å². The Balaban J connectivity index is 1.39. The standard InChI is InChI=1S/C34H33N3O4S/c1-19-9-15-26-25(17-19)29-31-30(23-7-5-6-8-24(23)33(29)41-34(26,2)3)35-27-16-12-21(18-28(27)36-31)32(38)20-10-13-22(14-11-20)37-42(4,39)40/h5-8,10-14,16,18-19,25-26,37H,9,15,17H2,1-4H3/t19-,25-,26-/m0/s1. The van der Waals surface area contributed by atoms with Gasteiger partial charge in [0, 0.05) is 39.1 Å². The van der Waals surface area contributed by atoms with Gasteiger partial charge in [-0.2, -0.15) is 0 Å². The van der Waals surface area contributed by atoms with Gasteiger partial charge in [-0.1, -0.05) is 37.6 Å². The van der Waals surface area contributed by atoms with Crippen LogP contribution in [0.4, 0.5) is 5.69 Å². The van der Waals surface area contributed by atoms with Gasteiger partial charge in [-0.25, -0.2) is 18.4 Å². The largest absolute Gasteiger partial charge is 0.487 e. The minimum atomic E-state index is -3.40. The van der Waals surface area contributed by atoms with Gasteiger partial charge in [-0.05, 0) is 81.0 Å². The summed E-state index contributed by atoms with van der Waals surface area (Å²) in [5.41, 5.74) is 5.33. The van der Waals surface area contributed by atoms with Crippen LogP contribution in [0.25, 0.3) is 32.8 Å². The van der Waals surface area contributed by atoms with E-state index < -0.39 is 10.0 Å². The predicted molar refractivity (Wildman–Crippen MR) is 167 cm³/mol. The van der Waals surface area contributed by atoms with Gasteiger partial charge in [0.15, 0.2) is 5.78 Å². The van der Waals surface area contributed by atoms with Crippen LogP contribution in [0.2, 0.25) is 0 Å². The summed E-state index contributed by atoms with van der Waals surface area (Å²) in [4.78, 5) is 23.8. The lowest BCUT2D eigenvalue weighted by Gasteiger charge is -2.49. The molecule has 4 aromatic carbocycles. The first-order chi connectivity index (χ1) is 20.0. The number of ether oxygens (including phenoxy) is 1. The number of hydrogen-bond acceptors (Lipinski definition) is 6. The third-order valence-corrected chi connectivity index (χ3v) is 9.65. The fourth-order valence-electron chi connectivity index (χ4n) is 7.11. The normalized spacial score (nSPS) is 21.5. The minimum absolute atomic E-state index is 0.170. The zero-order valence-corrected chi connectivity index (χ0v) is 25.0. The lowest BCUT2D eigenvalue weighted by Crippen LogP contribution is -2.46. The first kappa shape index (κ1) is 26.8. The summed E-state index contributed by atoms with van der Waals surface area (Å²) >= 11 is 0. The van der Waals surface area contributed by atoms with E-state index in [0.29, 0.717) is 40.1 Å². The topological polar surface area (TPSA) is 98.2 Å². The summed E-state index contributed by atoms with van der Waals surface area (Å²) < 4.78 is 32.4. The Hall–Kier alpha value is -4.04. The quantitative estimate of drug-likeness (QED) is 0.137. The molecule has 1 N–H and O–H groups in total. The molecular weight excluding hydrogens is 546 g/mol. The number of nitrogens with one attached hydrogen (secondary N) is 1. The Morgan fingerprint density at radius 3 is 2.33 bits per heavy atom. The molecule has 7 rings (SSSR count). The van der Waals surface area contributed by atoms with Crippen molar-refractivity contribution in [1.82, 2.24) is 9.97 Å². The molecule has 7 nitrogen and oxygen atoms in total. The number of benzene rings is 4. The van der Waals surface area contributed by atoms with E-state index in [9.17, 15) is 13.2 Å². The van der Waals surface area contributed by atoms with E-state index in [4.69, 9.17) is 14.7 Å². The Bertz CT molecular complexity index is 2020. The lowest BCUT2D eigenvalue weighted by molar-refractivity contribution is -0.0115. The molecule has 1 aliphatic heterocycles. The van der Waals surface area contributed by atoms with Gasteiger partial charge in [0.05, 0.1) is 28.3 Å². The molecule has 0 spiro atoms. The van der Waals surface area contributed by atoms with Crippen LogP contribution in [0.1, 0.15) is 67.4 Å². The summed E-state index contributed by atoms with van der Waals surface area (Å²) in [7, 11) is -3.40. The Morgan fingerprint density at radius 1 is 0.905 bits per heavy atom. The average molecular weight is 580 g/mol. The molecule has 3 atom stereocenters. The molecule has 42 heavy (non-hydrogen) atoms. The molecule has 2 aliphatic rings. The highest BCUT2D eigenvalue weighted by Gasteiger charge is 2.47. The number of fused-ring (bicyclic) bond motifs is 9. The van der Waals surface area contributed by atoms with E-state index in [2.05, 4.69) is 43.7 Å². The molecule has 214 valence electrons. The number of anilines is 1. The molecule has 1 aromatic heterocycles. The fraction of sp³-hybridized carbons (Fsp3) is 0.324. The second kappa shape index (κ2) is 9.49. The van der Waals surface area contributed by atoms with Crippen molar-refractivity contribution in [3.05, 3.63) is 83.4 Å². The van der Waals surface area contributed by atoms with Crippen molar-refractivity contribution in [3.63, 3.8) is 0 Å². The summed E-state index contributed by atoms with van der Waals surface area (Å²) in [5.74, 6) is 2.07. The van der Waals surface area contributed by atoms with Crippen molar-refractivity contribution < 1.29 is 17.9 Å². The third kappa shape index (κ3) is 4.49. The molecule has 0 bridgehead atoms. The van der Waals surface area contributed by atoms with E-state index >= 15 is 0 Å². The van der Waals surface area contributed by atoms with Crippen LogP contribution >= 0.6 is 0 Å². The van der Waals surface area contributed by atoms with Crippen LogP contribution in [0.15, 0.2) is 66.7 Å². The Kier molecular flexibility index (Phi) is 6.06. The van der Waals surface area contributed by atoms with Crippen molar-refractivity contribution in [2.75, 3.05) is 11.0 Å². The number of nitrogens with zero attached hydrogens (tertiary/aromatic N) is 2. The summed E-state index contributed by atoms with van der Waals surface area (Å²) in [6.45, 7) is 6.77. The highest BCUT2D eigenvalue weighted by molar-refractivity contribution is 7.92. The number of aromatic nitrogens is 2. The van der Waals surface area contributed by atoms with Crippen LogP contribution in [-0.4, -0.2) is 36.0 Å². The van der Waals surface area contributed by atoms with Gasteiger partial charge in [-0.15, -0.1) is 0 Å². The Morgan fingerprint density at radius 2 is 1.60 bits per heavy atom. The van der Waals surface area contributed by atoms with Gasteiger partial charge in [0.25, 0.3) is 0 Å². The molecule has 0 amide bonds. The zero-order valence-electron chi connectivity index (χ0n) is 24.1. The molecule has 1 aliphatic carbocycles. The van der Waals surface area contributed by atoms with Crippen molar-refractivity contribution in [3.8, 4) is 5.75 Å². The van der Waals surface area contributed by atoms with Gasteiger partial charge in [-0.3, -0.25) is 9.52 Å². The van der Waals surface area contributed by atoms with Crippen LogP contribution in [0.5, 0.6) is 5.75 Å². The monoisotopic (exact) mass is 579 g/mol. The van der Waals surface area contributed by atoms with E-state index in [1.54, 1.807) is 30.3 Å². The highest BCUT2D eigenvalue weighted by atomic mass is 32.2. The maximum atomic E-state index is 13.4. The highest BCUT2D eigenvalue weighted by Crippen LogP contribution is 2.56. The first-order valence-corrected chi connectivity index (χ1v) is 16.4. The van der Waals surface area contributed by atoms with Crippen molar-refractivity contribution in [1.29, 1.82) is 0 Å². The number of carbonyl (C=O) groups excluding carboxylic acids is 1. The predicted octanol–water partition coefficient (Wildman–Crippen LogP) is 7.23. The average Bonchev–Trinajstić information content (AvgIpc) is 2.95. The molecule has 0 unspecified atom stereocenters. The lowest BCUT2D eigenvalue weighted by atomic mass is 9.64. The van der Waals surface area contributed by atoms with Crippen molar-refractivity contribution >= 4 is 54.3 Å². The van der Waals surface area contributed by atoms with Gasteiger partial charge in [0.2, 0.25) is 10.0 Å². The first-order valence-electron chi connectivity index (χ1n) is 14.5. The number of ketones is 1. The maximum Gasteiger partial charge on any atom is 0.229 e. The third-order valence-electron chi connectivity index (χ3n) is 9.04. The van der Waals surface area contributed by atoms with E-state index in [0.717, 1.165) is 57.7 Å². The molecule has 2 heterocycles. The van der Waals surface area contributed by atoms with Crippen molar-refractivity contribution in [2.24, 2.45) is 11.8 Å². The molecule has 0 saturated heterocycles. The second-order valence-corrected chi connectivity index (χ2v) is 14.3. The molecule has 8 heteroatoms. The zero-order chi connectivity index (χ0) is 29.4. The molecule has 0 radical (unpaired) electrons. The fourth-order valence-corrected chi connectivity index (χ4v) is 7.67. The number of carbonyl (C=O) groups is 1. The van der Waals surface area contributed by atoms with Crippen LogP contribution in [0.3, 0.4) is 0 Å².